The molecule has 0 spiro atoms. The molecule has 0 saturated heterocycles. The molecule has 0 atom stereocenters. The fourth-order valence-electron chi connectivity index (χ4n) is 0.454. The Hall–Kier alpha value is -1.44. The molecule has 46 valence electrons. The van der Waals surface area contributed by atoms with E-state index in [1.54, 1.807) is 6.92 Å². The van der Waals surface area contributed by atoms with E-state index in [9.17, 15) is 0 Å². The van der Waals surface area contributed by atoms with Crippen molar-refractivity contribution >= 4 is 0 Å². The molecule has 1 heterocycles. The minimum Gasteiger partial charge on any atom is -0.196 e. The van der Waals surface area contributed by atoms with E-state index in [0.717, 1.165) is 0 Å². The van der Waals surface area contributed by atoms with E-state index in [-0.39, 0.29) is 6.54 Å². The summed E-state index contributed by atoms with van der Waals surface area (Å²) in [4.78, 5) is 1.25. The number of hydrogen-bond acceptors (Lipinski definition) is 4. The minimum absolute atomic E-state index is 0.167. The fourth-order valence-corrected chi connectivity index (χ4v) is 0.454. The van der Waals surface area contributed by atoms with Gasteiger partial charge in [0.25, 0.3) is 0 Å². The van der Waals surface area contributed by atoms with Gasteiger partial charge >= 0.3 is 0 Å². The molecule has 0 aromatic carbocycles. The maximum Gasteiger partial charge on any atom is 0.171 e. The largest absolute Gasteiger partial charge is 0.196 e. The van der Waals surface area contributed by atoms with Gasteiger partial charge in [-0.15, -0.1) is 15.0 Å². The van der Waals surface area contributed by atoms with E-state index in [1.807, 2.05) is 6.07 Å². The number of nitrogens with zero attached hydrogens (tertiary/aromatic N) is 5. The van der Waals surface area contributed by atoms with Crippen molar-refractivity contribution < 1.29 is 0 Å². The molecule has 0 N–H and O–H groups in total. The van der Waals surface area contributed by atoms with Crippen LogP contribution in [0.25, 0.3) is 0 Å². The van der Waals surface area contributed by atoms with Crippen molar-refractivity contribution in [1.82, 2.24) is 20.2 Å². The van der Waals surface area contributed by atoms with Crippen LogP contribution in [-0.4, -0.2) is 20.2 Å². The van der Waals surface area contributed by atoms with Gasteiger partial charge in [-0.25, -0.2) is 0 Å². The molecule has 0 saturated carbocycles. The predicted molar refractivity (Wildman–Crippen MR) is 28.2 cm³/mol. The number of aryl methyl sites for hydroxylation is 1. The lowest BCUT2D eigenvalue weighted by Gasteiger charge is -1.81. The Labute approximate surface area is 51.9 Å². The molecule has 0 fully saturated rings. The summed E-state index contributed by atoms with van der Waals surface area (Å²) in [5.74, 6) is 0.588. The van der Waals surface area contributed by atoms with Crippen LogP contribution in [0.3, 0.4) is 0 Å². The molecule has 0 radical (unpaired) electrons. The van der Waals surface area contributed by atoms with Gasteiger partial charge in [-0.1, -0.05) is 0 Å². The Morgan fingerprint density at radius 3 is 3.00 bits per heavy atom. The number of tetrazole rings is 1. The molecular formula is C4H5N5. The number of rotatable bonds is 1. The van der Waals surface area contributed by atoms with Gasteiger partial charge in [0.2, 0.25) is 0 Å². The normalized spacial score (nSPS) is 8.89. The van der Waals surface area contributed by atoms with E-state index in [2.05, 4.69) is 15.4 Å². The zero-order valence-corrected chi connectivity index (χ0v) is 4.94. The third-order valence-corrected chi connectivity index (χ3v) is 0.765. The Morgan fingerprint density at radius 1 is 1.78 bits per heavy atom. The lowest BCUT2D eigenvalue weighted by Crippen LogP contribution is -1.99. The van der Waals surface area contributed by atoms with E-state index < -0.39 is 0 Å². The van der Waals surface area contributed by atoms with Gasteiger partial charge in [-0.2, -0.15) is 5.26 Å². The summed E-state index contributed by atoms with van der Waals surface area (Å²) in [7, 11) is 0. The summed E-state index contributed by atoms with van der Waals surface area (Å²) in [6.07, 6.45) is 0. The highest BCUT2D eigenvalue weighted by Crippen LogP contribution is 1.79. The molecule has 0 aliphatic heterocycles. The zero-order chi connectivity index (χ0) is 6.69. The standard InChI is InChI=1S/C4H5N5/c1-4-6-8-9(7-4)3-2-5/h3H2,1H3. The van der Waals surface area contributed by atoms with E-state index in [0.29, 0.717) is 5.82 Å². The molecule has 5 nitrogen and oxygen atoms in total. The van der Waals surface area contributed by atoms with Gasteiger partial charge < -0.3 is 0 Å². The highest BCUT2D eigenvalue weighted by molar-refractivity contribution is 4.71. The van der Waals surface area contributed by atoms with Crippen molar-refractivity contribution in [1.29, 1.82) is 5.26 Å². The van der Waals surface area contributed by atoms with Gasteiger partial charge in [0, 0.05) is 0 Å². The van der Waals surface area contributed by atoms with Gasteiger partial charge in [0.15, 0.2) is 5.82 Å². The molecule has 0 aliphatic rings. The summed E-state index contributed by atoms with van der Waals surface area (Å²) < 4.78 is 0. The third kappa shape index (κ3) is 1.22. The van der Waals surface area contributed by atoms with Crippen LogP contribution in [0.1, 0.15) is 5.82 Å². The van der Waals surface area contributed by atoms with Crippen LogP contribution in [0.2, 0.25) is 0 Å². The Kier molecular flexibility index (Phi) is 1.40. The molecule has 0 aliphatic carbocycles. The highest BCUT2D eigenvalue weighted by Gasteiger charge is 1.92. The highest BCUT2D eigenvalue weighted by atomic mass is 15.6. The molecule has 5 heteroatoms. The summed E-state index contributed by atoms with van der Waals surface area (Å²) in [5, 5.41) is 19.0. The lowest BCUT2D eigenvalue weighted by atomic mass is 10.7. The quantitative estimate of drug-likeness (QED) is 0.505. The van der Waals surface area contributed by atoms with E-state index in [4.69, 9.17) is 5.26 Å². The maximum atomic E-state index is 8.15. The molecular weight excluding hydrogens is 118 g/mol. The lowest BCUT2D eigenvalue weighted by molar-refractivity contribution is 0.587. The van der Waals surface area contributed by atoms with Gasteiger partial charge in [0.05, 0.1) is 6.07 Å². The van der Waals surface area contributed by atoms with Crippen LogP contribution in [0, 0.1) is 18.3 Å². The zero-order valence-electron chi connectivity index (χ0n) is 4.94. The van der Waals surface area contributed by atoms with Gasteiger partial charge in [-0.3, -0.25) is 0 Å². The first kappa shape index (κ1) is 5.69. The number of aromatic nitrogens is 4. The Morgan fingerprint density at radius 2 is 2.56 bits per heavy atom. The van der Waals surface area contributed by atoms with Crippen LogP contribution in [0.5, 0.6) is 0 Å². The first-order chi connectivity index (χ1) is 4.33. The first-order valence-corrected chi connectivity index (χ1v) is 2.44. The van der Waals surface area contributed by atoms with Gasteiger partial charge in [-0.05, 0) is 12.1 Å². The number of nitriles is 1. The van der Waals surface area contributed by atoms with Crippen molar-refractivity contribution in [2.45, 2.75) is 13.5 Å². The Balaban J connectivity index is 2.76. The summed E-state index contributed by atoms with van der Waals surface area (Å²) in [6.45, 7) is 1.89. The molecule has 0 unspecified atom stereocenters. The van der Waals surface area contributed by atoms with E-state index in [1.165, 1.54) is 4.80 Å². The topological polar surface area (TPSA) is 67.4 Å². The summed E-state index contributed by atoms with van der Waals surface area (Å²) in [5.41, 5.74) is 0. The first-order valence-electron chi connectivity index (χ1n) is 2.44. The second-order valence-corrected chi connectivity index (χ2v) is 1.53. The molecule has 1 aromatic rings. The summed E-state index contributed by atoms with van der Waals surface area (Å²) in [6, 6.07) is 1.90. The van der Waals surface area contributed by atoms with Gasteiger partial charge in [0.1, 0.15) is 6.54 Å². The van der Waals surface area contributed by atoms with Crippen LogP contribution >= 0.6 is 0 Å². The minimum atomic E-state index is 0.167. The molecule has 9 heavy (non-hydrogen) atoms. The molecule has 1 rings (SSSR count). The molecule has 0 amide bonds. The average Bonchev–Trinajstić information content (AvgIpc) is 2.17. The van der Waals surface area contributed by atoms with Crippen molar-refractivity contribution in [3.63, 3.8) is 0 Å². The van der Waals surface area contributed by atoms with Crippen molar-refractivity contribution in [2.24, 2.45) is 0 Å². The van der Waals surface area contributed by atoms with Crippen molar-refractivity contribution in [2.75, 3.05) is 0 Å². The summed E-state index contributed by atoms with van der Waals surface area (Å²) >= 11 is 0. The third-order valence-electron chi connectivity index (χ3n) is 0.765. The van der Waals surface area contributed by atoms with Crippen LogP contribution in [0.15, 0.2) is 0 Å². The second-order valence-electron chi connectivity index (χ2n) is 1.53. The van der Waals surface area contributed by atoms with Crippen molar-refractivity contribution in [3.8, 4) is 6.07 Å². The second kappa shape index (κ2) is 2.22. The molecule has 1 aromatic heterocycles. The van der Waals surface area contributed by atoms with Crippen LogP contribution in [-0.2, 0) is 6.54 Å². The monoisotopic (exact) mass is 123 g/mol. The van der Waals surface area contributed by atoms with Crippen LogP contribution in [0.4, 0.5) is 0 Å². The van der Waals surface area contributed by atoms with E-state index >= 15 is 0 Å². The maximum absolute atomic E-state index is 8.15. The predicted octanol–water partition coefficient (Wildman–Crippen LogP) is -0.495. The smallest absolute Gasteiger partial charge is 0.171 e. The molecule has 0 bridgehead atoms. The van der Waals surface area contributed by atoms with Crippen molar-refractivity contribution in [3.05, 3.63) is 5.82 Å². The average molecular weight is 123 g/mol. The SMILES string of the molecule is Cc1nnn(CC#N)n1. The Bertz CT molecular complexity index is 231. The number of hydrogen-bond donors (Lipinski definition) is 0. The van der Waals surface area contributed by atoms with Crippen LogP contribution < -0.4 is 0 Å². The fraction of sp³-hybridized carbons (Fsp3) is 0.500.